The van der Waals surface area contributed by atoms with Crippen LogP contribution in [0.1, 0.15) is 56.5 Å². The van der Waals surface area contributed by atoms with Crippen LogP contribution in [0.15, 0.2) is 30.5 Å². The standard InChI is InChI=1S/C30H38ClN5O6.C2H6/c1-2-12-38-14-16-40-18-19-41-17-15-39-13-11-35(26-9-7-22-5-3-4-6-24(22)26)28-25-20-32-36(29(25)34-30(31)33-28)27-10-8-23(21-37)42-27;1-2/h1,3-6,20,23,26-27,37H,7-19,21H2;1-2H3. The van der Waals surface area contributed by atoms with Crippen LogP contribution in [0.5, 0.6) is 0 Å². The largest absolute Gasteiger partial charge is 0.394 e. The summed E-state index contributed by atoms with van der Waals surface area (Å²) in [5.41, 5.74) is 3.24. The maximum atomic E-state index is 9.53. The fourth-order valence-electron chi connectivity index (χ4n) is 5.54. The predicted octanol–water partition coefficient (Wildman–Crippen LogP) is 4.37. The van der Waals surface area contributed by atoms with Crippen LogP contribution in [0.2, 0.25) is 5.28 Å². The molecule has 0 bridgehead atoms. The second-order valence-electron chi connectivity index (χ2n) is 10.2. The number of hydrogen-bond donors (Lipinski definition) is 1. The molecule has 11 nitrogen and oxygen atoms in total. The molecular weight excluding hydrogens is 586 g/mol. The zero-order chi connectivity index (χ0) is 31.1. The maximum absolute atomic E-state index is 9.53. The normalized spacial score (nSPS) is 19.0. The molecule has 1 fully saturated rings. The van der Waals surface area contributed by atoms with Crippen LogP contribution in [-0.4, -0.2) is 97.0 Å². The van der Waals surface area contributed by atoms with Crippen molar-refractivity contribution in [3.63, 3.8) is 0 Å². The van der Waals surface area contributed by atoms with Gasteiger partial charge in [0.15, 0.2) is 11.9 Å². The molecule has 0 saturated carbocycles. The minimum absolute atomic E-state index is 0.0203. The van der Waals surface area contributed by atoms with Gasteiger partial charge in [-0.25, -0.2) is 4.68 Å². The summed E-state index contributed by atoms with van der Waals surface area (Å²) in [6.45, 7) is 8.20. The number of nitrogens with zero attached hydrogens (tertiary/aromatic N) is 5. The summed E-state index contributed by atoms with van der Waals surface area (Å²) in [5, 5.41) is 15.1. The van der Waals surface area contributed by atoms with Gasteiger partial charge in [-0.2, -0.15) is 15.1 Å². The minimum atomic E-state index is -0.311. The van der Waals surface area contributed by atoms with Crippen molar-refractivity contribution in [1.82, 2.24) is 19.7 Å². The molecule has 2 aromatic heterocycles. The van der Waals surface area contributed by atoms with Crippen LogP contribution in [0.4, 0.5) is 5.82 Å². The molecule has 2 aliphatic rings. The fraction of sp³-hybridized carbons (Fsp3) is 0.594. The van der Waals surface area contributed by atoms with Crippen molar-refractivity contribution in [2.75, 3.05) is 70.9 Å². The van der Waals surface area contributed by atoms with E-state index in [-0.39, 0.29) is 30.3 Å². The molecule has 3 heterocycles. The molecule has 240 valence electrons. The van der Waals surface area contributed by atoms with Gasteiger partial charge in [-0.3, -0.25) is 0 Å². The van der Waals surface area contributed by atoms with Gasteiger partial charge in [0.1, 0.15) is 12.4 Å². The van der Waals surface area contributed by atoms with Gasteiger partial charge >= 0.3 is 0 Å². The third-order valence-corrected chi connectivity index (χ3v) is 7.66. The number of halogens is 1. The molecule has 1 aromatic carbocycles. The number of ether oxygens (including phenoxy) is 5. The number of hydrogen-bond acceptors (Lipinski definition) is 10. The highest BCUT2D eigenvalue weighted by Crippen LogP contribution is 2.40. The van der Waals surface area contributed by atoms with Gasteiger partial charge in [-0.1, -0.05) is 44.0 Å². The van der Waals surface area contributed by atoms with Gasteiger partial charge in [-0.15, -0.1) is 6.42 Å². The summed E-state index contributed by atoms with van der Waals surface area (Å²) in [4.78, 5) is 11.5. The molecule has 0 spiro atoms. The molecule has 44 heavy (non-hydrogen) atoms. The van der Waals surface area contributed by atoms with Gasteiger partial charge < -0.3 is 33.7 Å². The number of benzene rings is 1. The van der Waals surface area contributed by atoms with Gasteiger partial charge in [0.2, 0.25) is 5.28 Å². The summed E-state index contributed by atoms with van der Waals surface area (Å²) in [6.07, 6.45) is 9.85. The highest BCUT2D eigenvalue weighted by molar-refractivity contribution is 6.28. The molecular formula is C32H44ClN5O6. The summed E-state index contributed by atoms with van der Waals surface area (Å²) in [6, 6.07) is 8.64. The van der Waals surface area contributed by atoms with Crippen LogP contribution in [0.3, 0.4) is 0 Å². The SMILES string of the molecule is C#CCOCCOCCOCCOCCN(c1nc(Cl)nc2c1cnn2C1CCC(CO)O1)C1CCc2ccccc21.CC. The Hall–Kier alpha value is -2.82. The molecule has 3 atom stereocenters. The Balaban J connectivity index is 0.00000216. The molecule has 5 rings (SSSR count). The lowest BCUT2D eigenvalue weighted by Crippen LogP contribution is -2.32. The average molecular weight is 630 g/mol. The second kappa shape index (κ2) is 18.2. The van der Waals surface area contributed by atoms with Crippen molar-refractivity contribution in [1.29, 1.82) is 0 Å². The van der Waals surface area contributed by atoms with Crippen LogP contribution in [0.25, 0.3) is 11.0 Å². The number of aryl methyl sites for hydroxylation is 1. The first-order chi connectivity index (χ1) is 21.7. The molecule has 1 saturated heterocycles. The van der Waals surface area contributed by atoms with Crippen molar-refractivity contribution in [3.8, 4) is 12.3 Å². The molecule has 3 unspecified atom stereocenters. The van der Waals surface area contributed by atoms with Gasteiger partial charge in [0.05, 0.1) is 76.6 Å². The third kappa shape index (κ3) is 8.88. The molecule has 1 aliphatic carbocycles. The zero-order valence-corrected chi connectivity index (χ0v) is 26.5. The predicted molar refractivity (Wildman–Crippen MR) is 169 cm³/mol. The van der Waals surface area contributed by atoms with E-state index >= 15 is 0 Å². The Morgan fingerprint density at radius 2 is 1.70 bits per heavy atom. The quantitative estimate of drug-likeness (QED) is 0.131. The monoisotopic (exact) mass is 629 g/mol. The molecule has 1 aliphatic heterocycles. The van der Waals surface area contributed by atoms with Crippen molar-refractivity contribution in [2.24, 2.45) is 0 Å². The van der Waals surface area contributed by atoms with Crippen molar-refractivity contribution in [2.45, 2.75) is 57.9 Å². The first-order valence-electron chi connectivity index (χ1n) is 15.5. The highest BCUT2D eigenvalue weighted by Gasteiger charge is 2.32. The third-order valence-electron chi connectivity index (χ3n) is 7.50. The van der Waals surface area contributed by atoms with E-state index in [4.69, 9.17) is 46.7 Å². The van der Waals surface area contributed by atoms with E-state index in [1.165, 1.54) is 11.1 Å². The first-order valence-corrected chi connectivity index (χ1v) is 15.8. The summed E-state index contributed by atoms with van der Waals surface area (Å²) >= 11 is 6.51. The minimum Gasteiger partial charge on any atom is -0.394 e. The summed E-state index contributed by atoms with van der Waals surface area (Å²) < 4.78 is 30.0. The molecule has 12 heteroatoms. The topological polar surface area (TPSA) is 113 Å². The number of rotatable bonds is 17. The Morgan fingerprint density at radius 3 is 2.41 bits per heavy atom. The first kappa shape index (κ1) is 34.1. The van der Waals surface area contributed by atoms with Crippen molar-refractivity contribution >= 4 is 28.5 Å². The van der Waals surface area contributed by atoms with E-state index in [0.29, 0.717) is 65.0 Å². The lowest BCUT2D eigenvalue weighted by Gasteiger charge is -2.31. The lowest BCUT2D eigenvalue weighted by molar-refractivity contribution is -0.0262. The molecule has 0 radical (unpaired) electrons. The Kier molecular flexibility index (Phi) is 14.1. The van der Waals surface area contributed by atoms with Gasteiger partial charge in [-0.05, 0) is 48.4 Å². The molecule has 3 aromatic rings. The number of fused-ring (bicyclic) bond motifs is 2. The van der Waals surface area contributed by atoms with E-state index < -0.39 is 0 Å². The van der Waals surface area contributed by atoms with E-state index in [0.717, 1.165) is 36.9 Å². The van der Waals surface area contributed by atoms with Gasteiger partial charge in [0, 0.05) is 6.54 Å². The van der Waals surface area contributed by atoms with E-state index in [9.17, 15) is 5.11 Å². The Morgan fingerprint density at radius 1 is 1.00 bits per heavy atom. The zero-order valence-electron chi connectivity index (χ0n) is 25.7. The second-order valence-corrected chi connectivity index (χ2v) is 10.5. The van der Waals surface area contributed by atoms with Crippen molar-refractivity contribution < 1.29 is 28.8 Å². The average Bonchev–Trinajstić information content (AvgIpc) is 3.80. The van der Waals surface area contributed by atoms with Crippen molar-refractivity contribution in [3.05, 3.63) is 46.9 Å². The summed E-state index contributed by atoms with van der Waals surface area (Å²) in [5.74, 6) is 3.14. The smallest absolute Gasteiger partial charge is 0.226 e. The lowest BCUT2D eigenvalue weighted by atomic mass is 10.1. The van der Waals surface area contributed by atoms with Gasteiger partial charge in [0.25, 0.3) is 0 Å². The van der Waals surface area contributed by atoms with Crippen LogP contribution in [0, 0.1) is 12.3 Å². The number of aromatic nitrogens is 4. The fourth-order valence-corrected chi connectivity index (χ4v) is 5.70. The number of aliphatic hydroxyl groups excluding tert-OH is 1. The van der Waals surface area contributed by atoms with Crippen LogP contribution < -0.4 is 4.90 Å². The van der Waals surface area contributed by atoms with E-state index in [2.05, 4.69) is 45.2 Å². The summed E-state index contributed by atoms with van der Waals surface area (Å²) in [7, 11) is 0. The Labute approximate surface area is 264 Å². The number of aliphatic hydroxyl groups is 1. The van der Waals surface area contributed by atoms with E-state index in [1.807, 2.05) is 13.8 Å². The Bertz CT molecular complexity index is 1330. The maximum Gasteiger partial charge on any atom is 0.226 e. The van der Waals surface area contributed by atoms with E-state index in [1.54, 1.807) is 10.9 Å². The molecule has 1 N–H and O–H groups in total. The van der Waals surface area contributed by atoms with Crippen LogP contribution in [-0.2, 0) is 30.1 Å². The number of terminal acetylenes is 1. The highest BCUT2D eigenvalue weighted by atomic mass is 35.5. The number of anilines is 1. The molecule has 0 amide bonds. The van der Waals surface area contributed by atoms with Crippen LogP contribution >= 0.6 is 11.6 Å².